The summed E-state index contributed by atoms with van der Waals surface area (Å²) >= 11 is 11.8. The normalized spacial score (nSPS) is 14.6. The van der Waals surface area contributed by atoms with Crippen molar-refractivity contribution in [2.24, 2.45) is 0 Å². The van der Waals surface area contributed by atoms with Crippen LogP contribution in [0, 0.1) is 10.6 Å². The molecule has 1 fully saturated rings. The molecule has 3 aromatic rings. The minimum absolute atomic E-state index is 0.0445. The Morgan fingerprint density at radius 2 is 1.73 bits per heavy atom. The van der Waals surface area contributed by atoms with E-state index in [0.717, 1.165) is 42.6 Å². The number of halogens is 2. The molecular weight excluding hydrogens is 421 g/mol. The average Bonchev–Trinajstić information content (AvgIpc) is 3.06. The largest absolute Gasteiger partial charge is 0.352 e. The van der Waals surface area contributed by atoms with Crippen molar-refractivity contribution in [2.45, 2.75) is 44.7 Å². The van der Waals surface area contributed by atoms with Crippen LogP contribution in [0.15, 0.2) is 54.7 Å². The fourth-order valence-electron chi connectivity index (χ4n) is 3.94. The molecule has 7 heteroatoms. The fraction of sp³-hybridized carbons (Fsp3) is 0.304. The molecule has 1 saturated carbocycles. The summed E-state index contributed by atoms with van der Waals surface area (Å²) in [7, 11) is 0. The molecule has 0 saturated heterocycles. The van der Waals surface area contributed by atoms with E-state index < -0.39 is 0 Å². The van der Waals surface area contributed by atoms with Crippen LogP contribution in [0.3, 0.4) is 0 Å². The predicted octanol–water partition coefficient (Wildman–Crippen LogP) is 5.92. The average molecular weight is 444 g/mol. The summed E-state index contributed by atoms with van der Waals surface area (Å²) in [5, 5.41) is 3.76. The lowest BCUT2D eigenvalue weighted by Crippen LogP contribution is -2.38. The highest BCUT2D eigenvalue weighted by molar-refractivity contribution is 7.71. The van der Waals surface area contributed by atoms with E-state index in [2.05, 4.69) is 5.32 Å². The highest BCUT2D eigenvalue weighted by atomic mass is 35.5. The molecule has 2 aromatic carbocycles. The quantitative estimate of drug-likeness (QED) is 0.497. The van der Waals surface area contributed by atoms with Crippen LogP contribution in [-0.4, -0.2) is 21.1 Å². The van der Waals surface area contributed by atoms with Gasteiger partial charge in [-0.3, -0.25) is 9.36 Å². The van der Waals surface area contributed by atoms with Gasteiger partial charge in [0.15, 0.2) is 4.77 Å². The SMILES string of the molecule is O=C(Cn1cc(-c2ccc(F)cc2)n(-c2ccc(Cl)cc2)c1=S)NC1CCCCC1. The molecule has 1 aliphatic rings. The van der Waals surface area contributed by atoms with Crippen LogP contribution in [-0.2, 0) is 11.3 Å². The summed E-state index contributed by atoms with van der Waals surface area (Å²) in [6.45, 7) is 0.143. The molecule has 30 heavy (non-hydrogen) atoms. The van der Waals surface area contributed by atoms with E-state index in [4.69, 9.17) is 23.8 Å². The van der Waals surface area contributed by atoms with Crippen molar-refractivity contribution in [1.29, 1.82) is 0 Å². The Balaban J connectivity index is 1.68. The van der Waals surface area contributed by atoms with Crippen LogP contribution < -0.4 is 5.32 Å². The van der Waals surface area contributed by atoms with Crippen molar-refractivity contribution in [1.82, 2.24) is 14.5 Å². The number of aromatic nitrogens is 2. The Labute approximate surface area is 185 Å². The van der Waals surface area contributed by atoms with Crippen molar-refractivity contribution < 1.29 is 9.18 Å². The Bertz CT molecular complexity index is 1080. The highest BCUT2D eigenvalue weighted by Crippen LogP contribution is 2.26. The number of carbonyl (C=O) groups is 1. The molecule has 1 aliphatic carbocycles. The monoisotopic (exact) mass is 443 g/mol. The van der Waals surface area contributed by atoms with Gasteiger partial charge in [0.1, 0.15) is 12.4 Å². The highest BCUT2D eigenvalue weighted by Gasteiger charge is 2.18. The molecule has 0 unspecified atom stereocenters. The smallest absolute Gasteiger partial charge is 0.240 e. The number of imidazole rings is 1. The molecule has 0 radical (unpaired) electrons. The third-order valence-corrected chi connectivity index (χ3v) is 6.13. The number of hydrogen-bond donors (Lipinski definition) is 1. The third kappa shape index (κ3) is 4.65. The Morgan fingerprint density at radius 3 is 2.40 bits per heavy atom. The van der Waals surface area contributed by atoms with E-state index in [1.807, 2.05) is 22.9 Å². The summed E-state index contributed by atoms with van der Waals surface area (Å²) in [4.78, 5) is 12.7. The summed E-state index contributed by atoms with van der Waals surface area (Å²) in [5.74, 6) is -0.349. The topological polar surface area (TPSA) is 39.0 Å². The van der Waals surface area contributed by atoms with Crippen LogP contribution in [0.4, 0.5) is 4.39 Å². The maximum absolute atomic E-state index is 13.4. The molecule has 4 nitrogen and oxygen atoms in total. The standard InChI is InChI=1S/C23H23ClFN3OS/c24-17-8-12-20(13-9-17)28-21(16-6-10-18(25)11-7-16)14-27(23(28)30)15-22(29)26-19-4-2-1-3-5-19/h6-14,19H,1-5,15H2,(H,26,29). The van der Waals surface area contributed by atoms with Crippen LogP contribution in [0.1, 0.15) is 32.1 Å². The molecule has 0 spiro atoms. The van der Waals surface area contributed by atoms with Gasteiger partial charge >= 0.3 is 0 Å². The maximum Gasteiger partial charge on any atom is 0.240 e. The second kappa shape index (κ2) is 9.14. The molecule has 1 amide bonds. The van der Waals surface area contributed by atoms with Crippen molar-refractivity contribution in [3.63, 3.8) is 0 Å². The number of hydrogen-bond acceptors (Lipinski definition) is 2. The van der Waals surface area contributed by atoms with Gasteiger partial charge in [-0.15, -0.1) is 0 Å². The van der Waals surface area contributed by atoms with Gasteiger partial charge in [-0.05, 0) is 73.6 Å². The fourth-order valence-corrected chi connectivity index (χ4v) is 4.39. The molecule has 0 atom stereocenters. The molecule has 4 rings (SSSR count). The molecule has 1 N–H and O–H groups in total. The van der Waals surface area contributed by atoms with Gasteiger partial charge < -0.3 is 9.88 Å². The molecular formula is C23H23ClFN3OS. The number of benzene rings is 2. The molecule has 156 valence electrons. The molecule has 1 heterocycles. The summed E-state index contributed by atoms with van der Waals surface area (Å²) < 4.78 is 17.6. The van der Waals surface area contributed by atoms with Gasteiger partial charge in [0.2, 0.25) is 5.91 Å². The van der Waals surface area contributed by atoms with Gasteiger partial charge in [-0.25, -0.2) is 4.39 Å². The van der Waals surface area contributed by atoms with E-state index in [0.29, 0.717) is 9.79 Å². The molecule has 1 aromatic heterocycles. The van der Waals surface area contributed by atoms with Crippen LogP contribution in [0.2, 0.25) is 5.02 Å². The first-order valence-corrected chi connectivity index (χ1v) is 10.9. The number of carbonyl (C=O) groups excluding carboxylic acids is 1. The van der Waals surface area contributed by atoms with E-state index >= 15 is 0 Å². The maximum atomic E-state index is 13.4. The Morgan fingerprint density at radius 1 is 1.07 bits per heavy atom. The Hall–Kier alpha value is -2.44. The van der Waals surface area contributed by atoms with Gasteiger partial charge in [0.25, 0.3) is 0 Å². The van der Waals surface area contributed by atoms with Crippen LogP contribution in [0.25, 0.3) is 16.9 Å². The lowest BCUT2D eigenvalue weighted by atomic mass is 9.95. The number of rotatable bonds is 5. The summed E-state index contributed by atoms with van der Waals surface area (Å²) in [5.41, 5.74) is 2.42. The first-order chi connectivity index (χ1) is 14.5. The summed E-state index contributed by atoms with van der Waals surface area (Å²) in [6.07, 6.45) is 7.47. The van der Waals surface area contributed by atoms with Crippen LogP contribution in [0.5, 0.6) is 0 Å². The number of nitrogens with one attached hydrogen (secondary N) is 1. The number of amides is 1. The van der Waals surface area contributed by atoms with Gasteiger partial charge in [-0.2, -0.15) is 0 Å². The van der Waals surface area contributed by atoms with E-state index in [1.165, 1.54) is 18.6 Å². The van der Waals surface area contributed by atoms with Gasteiger partial charge in [0.05, 0.1) is 5.69 Å². The minimum atomic E-state index is -0.304. The van der Waals surface area contributed by atoms with E-state index in [1.54, 1.807) is 28.8 Å². The van der Waals surface area contributed by atoms with Crippen molar-refractivity contribution >= 4 is 29.7 Å². The molecule has 0 aliphatic heterocycles. The minimum Gasteiger partial charge on any atom is -0.352 e. The first-order valence-electron chi connectivity index (χ1n) is 10.1. The number of nitrogens with zero attached hydrogens (tertiary/aromatic N) is 2. The third-order valence-electron chi connectivity index (χ3n) is 5.47. The predicted molar refractivity (Wildman–Crippen MR) is 120 cm³/mol. The lowest BCUT2D eigenvalue weighted by molar-refractivity contribution is -0.122. The van der Waals surface area contributed by atoms with E-state index in [9.17, 15) is 9.18 Å². The summed E-state index contributed by atoms with van der Waals surface area (Å²) in [6, 6.07) is 13.8. The zero-order valence-corrected chi connectivity index (χ0v) is 18.1. The van der Waals surface area contributed by atoms with Crippen LogP contribution >= 0.6 is 23.8 Å². The second-order valence-electron chi connectivity index (χ2n) is 7.65. The van der Waals surface area contributed by atoms with Crippen molar-refractivity contribution in [2.75, 3.05) is 0 Å². The Kier molecular flexibility index (Phi) is 6.35. The van der Waals surface area contributed by atoms with Crippen molar-refractivity contribution in [3.05, 3.63) is 70.3 Å². The van der Waals surface area contributed by atoms with Crippen molar-refractivity contribution in [3.8, 4) is 16.9 Å². The second-order valence-corrected chi connectivity index (χ2v) is 8.45. The molecule has 0 bridgehead atoms. The zero-order chi connectivity index (χ0) is 21.1. The first kappa shape index (κ1) is 20.8. The zero-order valence-electron chi connectivity index (χ0n) is 16.5. The van der Waals surface area contributed by atoms with Gasteiger partial charge in [-0.1, -0.05) is 30.9 Å². The van der Waals surface area contributed by atoms with Gasteiger partial charge in [0, 0.05) is 28.5 Å². The lowest BCUT2D eigenvalue weighted by Gasteiger charge is -2.22. The van der Waals surface area contributed by atoms with E-state index in [-0.39, 0.29) is 24.3 Å².